The van der Waals surface area contributed by atoms with Gasteiger partial charge in [0, 0.05) is 36.2 Å². The molecule has 1 N–H and O–H groups in total. The molecule has 25 heavy (non-hydrogen) atoms. The molecular weight excluding hydrogens is 338 g/mol. The molecular formula is C19H30ClN3O2. The first-order valence-electron chi connectivity index (χ1n) is 8.85. The SMILES string of the molecule is CC(c1ccccc1Cl)N(C)CC(=O)NCC(C)(C)N1CCOCC1. The molecule has 1 aliphatic heterocycles. The minimum atomic E-state index is -0.0770. The zero-order valence-corrected chi connectivity index (χ0v) is 16.5. The minimum absolute atomic E-state index is 0.0303. The Morgan fingerprint density at radius 3 is 2.64 bits per heavy atom. The quantitative estimate of drug-likeness (QED) is 0.804. The Labute approximate surface area is 156 Å². The number of hydrogen-bond donors (Lipinski definition) is 1. The Morgan fingerprint density at radius 2 is 2.00 bits per heavy atom. The second kappa shape index (κ2) is 8.99. The molecule has 0 radical (unpaired) electrons. The van der Waals surface area contributed by atoms with Crippen LogP contribution >= 0.6 is 11.6 Å². The van der Waals surface area contributed by atoms with Crippen molar-refractivity contribution < 1.29 is 9.53 Å². The number of morpholine rings is 1. The summed E-state index contributed by atoms with van der Waals surface area (Å²) in [6, 6.07) is 7.84. The summed E-state index contributed by atoms with van der Waals surface area (Å²) in [7, 11) is 1.95. The van der Waals surface area contributed by atoms with Crippen molar-refractivity contribution in [3.05, 3.63) is 34.9 Å². The van der Waals surface area contributed by atoms with E-state index in [9.17, 15) is 4.79 Å². The van der Waals surface area contributed by atoms with E-state index in [0.29, 0.717) is 13.1 Å². The number of likely N-dealkylation sites (N-methyl/N-ethyl adjacent to an activating group) is 1. The molecule has 0 saturated carbocycles. The van der Waals surface area contributed by atoms with Crippen molar-refractivity contribution in [3.63, 3.8) is 0 Å². The molecule has 1 saturated heterocycles. The standard InChI is InChI=1S/C19H30ClN3O2/c1-15(16-7-5-6-8-17(16)20)22(4)13-18(24)21-14-19(2,3)23-9-11-25-12-10-23/h5-8,15H,9-14H2,1-4H3,(H,21,24). The van der Waals surface area contributed by atoms with E-state index in [2.05, 4.69) is 31.0 Å². The van der Waals surface area contributed by atoms with Crippen molar-refractivity contribution in [1.82, 2.24) is 15.1 Å². The zero-order chi connectivity index (χ0) is 18.4. The lowest BCUT2D eigenvalue weighted by Gasteiger charge is -2.41. The van der Waals surface area contributed by atoms with Crippen molar-refractivity contribution in [2.75, 3.05) is 46.4 Å². The van der Waals surface area contributed by atoms with E-state index in [1.54, 1.807) is 0 Å². The Hall–Kier alpha value is -1.14. The van der Waals surface area contributed by atoms with Crippen LogP contribution in [0.1, 0.15) is 32.4 Å². The lowest BCUT2D eigenvalue weighted by Crippen LogP contribution is -2.56. The van der Waals surface area contributed by atoms with Gasteiger partial charge in [-0.1, -0.05) is 29.8 Å². The Balaban J connectivity index is 1.84. The van der Waals surface area contributed by atoms with Crippen molar-refractivity contribution in [2.24, 2.45) is 0 Å². The highest BCUT2D eigenvalue weighted by molar-refractivity contribution is 6.31. The first kappa shape index (κ1) is 20.2. The Bertz CT molecular complexity index is 574. The van der Waals surface area contributed by atoms with Crippen molar-refractivity contribution in [3.8, 4) is 0 Å². The van der Waals surface area contributed by atoms with Crippen LogP contribution in [0, 0.1) is 0 Å². The molecule has 1 aromatic carbocycles. The van der Waals surface area contributed by atoms with Gasteiger partial charge < -0.3 is 10.1 Å². The molecule has 1 amide bonds. The molecule has 1 heterocycles. The summed E-state index contributed by atoms with van der Waals surface area (Å²) >= 11 is 6.26. The number of hydrogen-bond acceptors (Lipinski definition) is 4. The van der Waals surface area contributed by atoms with Gasteiger partial charge in [0.05, 0.1) is 19.8 Å². The number of benzene rings is 1. The molecule has 1 fully saturated rings. The number of rotatable bonds is 7. The van der Waals surface area contributed by atoms with Gasteiger partial charge >= 0.3 is 0 Å². The summed E-state index contributed by atoms with van der Waals surface area (Å²) in [6.07, 6.45) is 0. The molecule has 0 aliphatic carbocycles. The Kier molecular flexibility index (Phi) is 7.25. The largest absolute Gasteiger partial charge is 0.379 e. The van der Waals surface area contributed by atoms with Crippen LogP contribution in [0.5, 0.6) is 0 Å². The maximum absolute atomic E-state index is 12.4. The van der Waals surface area contributed by atoms with Crippen LogP contribution in [-0.2, 0) is 9.53 Å². The third-order valence-electron chi connectivity index (χ3n) is 4.99. The third kappa shape index (κ3) is 5.68. The van der Waals surface area contributed by atoms with Gasteiger partial charge in [-0.05, 0) is 39.4 Å². The van der Waals surface area contributed by atoms with E-state index in [1.807, 2.05) is 36.2 Å². The molecule has 0 spiro atoms. The van der Waals surface area contributed by atoms with Gasteiger partial charge in [0.1, 0.15) is 0 Å². The smallest absolute Gasteiger partial charge is 0.234 e. The molecule has 1 aromatic rings. The maximum Gasteiger partial charge on any atom is 0.234 e. The topological polar surface area (TPSA) is 44.8 Å². The molecule has 6 heteroatoms. The first-order valence-corrected chi connectivity index (χ1v) is 9.23. The van der Waals surface area contributed by atoms with Gasteiger partial charge in [-0.3, -0.25) is 14.6 Å². The fraction of sp³-hybridized carbons (Fsp3) is 0.632. The highest BCUT2D eigenvalue weighted by atomic mass is 35.5. The van der Waals surface area contributed by atoms with Crippen LogP contribution < -0.4 is 5.32 Å². The molecule has 1 atom stereocenters. The fourth-order valence-electron chi connectivity index (χ4n) is 3.07. The fourth-order valence-corrected chi connectivity index (χ4v) is 3.36. The van der Waals surface area contributed by atoms with Crippen LogP contribution in [0.3, 0.4) is 0 Å². The van der Waals surface area contributed by atoms with Gasteiger partial charge in [-0.2, -0.15) is 0 Å². The van der Waals surface area contributed by atoms with Gasteiger partial charge in [-0.15, -0.1) is 0 Å². The van der Waals surface area contributed by atoms with E-state index in [1.165, 1.54) is 0 Å². The predicted octanol–water partition coefficient (Wildman–Crippen LogP) is 2.56. The van der Waals surface area contributed by atoms with Crippen LogP contribution in [0.15, 0.2) is 24.3 Å². The molecule has 140 valence electrons. The average molecular weight is 368 g/mol. The van der Waals surface area contributed by atoms with Gasteiger partial charge in [0.2, 0.25) is 5.91 Å². The van der Waals surface area contributed by atoms with E-state index < -0.39 is 0 Å². The summed E-state index contributed by atoms with van der Waals surface area (Å²) in [5.41, 5.74) is 0.958. The summed E-state index contributed by atoms with van der Waals surface area (Å²) in [6.45, 7) is 10.7. The van der Waals surface area contributed by atoms with Crippen LogP contribution in [0.2, 0.25) is 5.02 Å². The normalized spacial score (nSPS) is 17.5. The first-order chi connectivity index (χ1) is 11.8. The van der Waals surface area contributed by atoms with E-state index in [4.69, 9.17) is 16.3 Å². The van der Waals surface area contributed by atoms with E-state index in [0.717, 1.165) is 36.9 Å². The predicted molar refractivity (Wildman–Crippen MR) is 102 cm³/mol. The van der Waals surface area contributed by atoms with Crippen LogP contribution in [-0.4, -0.2) is 67.7 Å². The van der Waals surface area contributed by atoms with Crippen molar-refractivity contribution in [1.29, 1.82) is 0 Å². The van der Waals surface area contributed by atoms with Gasteiger partial charge in [0.15, 0.2) is 0 Å². The minimum Gasteiger partial charge on any atom is -0.379 e. The zero-order valence-electron chi connectivity index (χ0n) is 15.7. The van der Waals surface area contributed by atoms with Gasteiger partial charge in [-0.25, -0.2) is 0 Å². The van der Waals surface area contributed by atoms with E-state index in [-0.39, 0.29) is 17.5 Å². The monoisotopic (exact) mass is 367 g/mol. The molecule has 5 nitrogen and oxygen atoms in total. The number of carbonyl (C=O) groups is 1. The van der Waals surface area contributed by atoms with Crippen molar-refractivity contribution >= 4 is 17.5 Å². The van der Waals surface area contributed by atoms with Crippen LogP contribution in [0.25, 0.3) is 0 Å². The number of amides is 1. The van der Waals surface area contributed by atoms with Crippen molar-refractivity contribution in [2.45, 2.75) is 32.4 Å². The molecule has 2 rings (SSSR count). The number of ether oxygens (including phenoxy) is 1. The maximum atomic E-state index is 12.4. The molecule has 1 aliphatic rings. The second-order valence-corrected chi connectivity index (χ2v) is 7.71. The second-order valence-electron chi connectivity index (χ2n) is 7.30. The number of halogens is 1. The number of nitrogens with zero attached hydrogens (tertiary/aromatic N) is 2. The summed E-state index contributed by atoms with van der Waals surface area (Å²) in [5.74, 6) is 0.0303. The Morgan fingerprint density at radius 1 is 1.36 bits per heavy atom. The summed E-state index contributed by atoms with van der Waals surface area (Å²) < 4.78 is 5.40. The van der Waals surface area contributed by atoms with Gasteiger partial charge in [0.25, 0.3) is 0 Å². The van der Waals surface area contributed by atoms with Crippen LogP contribution in [0.4, 0.5) is 0 Å². The van der Waals surface area contributed by atoms with E-state index >= 15 is 0 Å². The number of carbonyl (C=O) groups excluding carboxylic acids is 1. The molecule has 0 aromatic heterocycles. The molecule has 1 unspecified atom stereocenters. The number of nitrogens with one attached hydrogen (secondary N) is 1. The highest BCUT2D eigenvalue weighted by Gasteiger charge is 2.28. The molecule has 0 bridgehead atoms. The summed E-state index contributed by atoms with van der Waals surface area (Å²) in [4.78, 5) is 16.8. The lowest BCUT2D eigenvalue weighted by molar-refractivity contribution is -0.123. The lowest BCUT2D eigenvalue weighted by atomic mass is 10.0. The third-order valence-corrected chi connectivity index (χ3v) is 5.34. The highest BCUT2D eigenvalue weighted by Crippen LogP contribution is 2.25. The summed E-state index contributed by atoms with van der Waals surface area (Å²) in [5, 5.41) is 3.81. The average Bonchev–Trinajstić information content (AvgIpc) is 2.60.